The topological polar surface area (TPSA) is 72.2 Å². The maximum atomic E-state index is 12.7. The Kier molecular flexibility index (Phi) is 6.20. The Labute approximate surface area is 104 Å². The van der Waals surface area contributed by atoms with Gasteiger partial charge in [0.1, 0.15) is 10.7 Å². The summed E-state index contributed by atoms with van der Waals surface area (Å²) in [5.74, 6) is -0.585. The Morgan fingerprint density at radius 1 is 1.44 bits per heavy atom. The minimum Gasteiger partial charge on any atom is -0.329 e. The predicted octanol–water partition coefficient (Wildman–Crippen LogP) is 1.14. The fourth-order valence-corrected chi connectivity index (χ4v) is 2.54. The van der Waals surface area contributed by atoms with E-state index in [1.807, 2.05) is 0 Å². The lowest BCUT2D eigenvalue weighted by Crippen LogP contribution is -2.29. The van der Waals surface area contributed by atoms with Crippen molar-refractivity contribution in [3.63, 3.8) is 0 Å². The van der Waals surface area contributed by atoms with E-state index in [2.05, 4.69) is 4.72 Å². The van der Waals surface area contributed by atoms with Crippen LogP contribution in [0.15, 0.2) is 23.1 Å². The van der Waals surface area contributed by atoms with Crippen LogP contribution in [-0.4, -0.2) is 21.5 Å². The molecule has 0 aliphatic heterocycles. The molecule has 1 rings (SSSR count). The maximum Gasteiger partial charge on any atom is 0.242 e. The van der Waals surface area contributed by atoms with Gasteiger partial charge in [0.25, 0.3) is 0 Å². The van der Waals surface area contributed by atoms with Crippen molar-refractivity contribution in [1.29, 1.82) is 0 Å². The largest absolute Gasteiger partial charge is 0.329 e. The highest BCUT2D eigenvalue weighted by Crippen LogP contribution is 2.21. The third-order valence-electron chi connectivity index (χ3n) is 1.62. The first-order chi connectivity index (χ1) is 6.97. The molecule has 0 amide bonds. The Balaban J connectivity index is 0.00000225. The van der Waals surface area contributed by atoms with E-state index in [4.69, 9.17) is 17.3 Å². The van der Waals surface area contributed by atoms with Crippen LogP contribution in [0.2, 0.25) is 5.02 Å². The summed E-state index contributed by atoms with van der Waals surface area (Å²) in [6.45, 7) is 0.286. The molecule has 0 spiro atoms. The number of rotatable bonds is 4. The van der Waals surface area contributed by atoms with Gasteiger partial charge in [0.15, 0.2) is 0 Å². The number of halogens is 3. The molecule has 0 fully saturated rings. The molecular formula is C8H11Cl2FN2O2S. The van der Waals surface area contributed by atoms with Gasteiger partial charge >= 0.3 is 0 Å². The van der Waals surface area contributed by atoms with Gasteiger partial charge in [-0.3, -0.25) is 0 Å². The van der Waals surface area contributed by atoms with E-state index in [1.165, 1.54) is 0 Å². The second-order valence-corrected chi connectivity index (χ2v) is 4.90. The van der Waals surface area contributed by atoms with E-state index < -0.39 is 15.8 Å². The summed E-state index contributed by atoms with van der Waals surface area (Å²) in [6, 6.07) is 3.08. The van der Waals surface area contributed by atoms with E-state index in [0.717, 1.165) is 18.2 Å². The molecule has 16 heavy (non-hydrogen) atoms. The zero-order chi connectivity index (χ0) is 11.5. The van der Waals surface area contributed by atoms with Crippen LogP contribution in [0.1, 0.15) is 0 Å². The van der Waals surface area contributed by atoms with Crippen LogP contribution in [-0.2, 0) is 10.0 Å². The molecule has 0 unspecified atom stereocenters. The number of hydrogen-bond acceptors (Lipinski definition) is 3. The van der Waals surface area contributed by atoms with Crippen molar-refractivity contribution in [2.45, 2.75) is 4.90 Å². The number of sulfonamides is 1. The van der Waals surface area contributed by atoms with Crippen LogP contribution < -0.4 is 10.5 Å². The molecule has 0 radical (unpaired) electrons. The van der Waals surface area contributed by atoms with Crippen molar-refractivity contribution < 1.29 is 12.8 Å². The molecule has 1 aromatic carbocycles. The van der Waals surface area contributed by atoms with Crippen molar-refractivity contribution in [2.75, 3.05) is 13.1 Å². The van der Waals surface area contributed by atoms with Crippen LogP contribution in [0.25, 0.3) is 0 Å². The van der Waals surface area contributed by atoms with Crippen LogP contribution in [0, 0.1) is 5.82 Å². The van der Waals surface area contributed by atoms with Crippen molar-refractivity contribution in [1.82, 2.24) is 4.72 Å². The monoisotopic (exact) mass is 288 g/mol. The highest BCUT2D eigenvalue weighted by Gasteiger charge is 2.17. The molecule has 1 aromatic rings. The molecule has 0 saturated heterocycles. The molecule has 0 aliphatic carbocycles. The minimum absolute atomic E-state index is 0. The van der Waals surface area contributed by atoms with Crippen LogP contribution >= 0.6 is 24.0 Å². The van der Waals surface area contributed by atoms with E-state index >= 15 is 0 Å². The number of nitrogens with two attached hydrogens (primary N) is 1. The second kappa shape index (κ2) is 6.36. The molecular weight excluding hydrogens is 278 g/mol. The summed E-state index contributed by atoms with van der Waals surface area (Å²) >= 11 is 5.60. The second-order valence-electron chi connectivity index (χ2n) is 2.76. The van der Waals surface area contributed by atoms with Gasteiger partial charge in [-0.15, -0.1) is 12.4 Å². The normalized spacial score (nSPS) is 10.9. The predicted molar refractivity (Wildman–Crippen MR) is 62.9 cm³/mol. The van der Waals surface area contributed by atoms with Crippen LogP contribution in [0.3, 0.4) is 0 Å². The standard InChI is InChI=1S/C8H10ClFN2O2S.ClH/c9-7-5-6(10)1-2-8(7)15(13,14)12-4-3-11;/h1-2,5,12H,3-4,11H2;1H. The third-order valence-corrected chi connectivity index (χ3v) is 3.56. The molecule has 4 nitrogen and oxygen atoms in total. The molecule has 0 bridgehead atoms. The molecule has 92 valence electrons. The molecule has 3 N–H and O–H groups in total. The lowest BCUT2D eigenvalue weighted by atomic mass is 10.3. The quantitative estimate of drug-likeness (QED) is 0.873. The van der Waals surface area contributed by atoms with E-state index in [9.17, 15) is 12.8 Å². The lowest BCUT2D eigenvalue weighted by molar-refractivity contribution is 0.581. The highest BCUT2D eigenvalue weighted by molar-refractivity contribution is 7.89. The fraction of sp³-hybridized carbons (Fsp3) is 0.250. The van der Waals surface area contributed by atoms with Gasteiger partial charge in [0.05, 0.1) is 5.02 Å². The molecule has 0 heterocycles. The zero-order valence-corrected chi connectivity index (χ0v) is 10.5. The first-order valence-electron chi connectivity index (χ1n) is 4.12. The summed E-state index contributed by atoms with van der Waals surface area (Å²) < 4.78 is 38.0. The molecule has 0 aliphatic rings. The summed E-state index contributed by atoms with van der Waals surface area (Å²) in [5, 5.41) is -0.153. The average molecular weight is 289 g/mol. The highest BCUT2D eigenvalue weighted by atomic mass is 35.5. The van der Waals surface area contributed by atoms with E-state index in [0.29, 0.717) is 0 Å². The summed E-state index contributed by atoms with van der Waals surface area (Å²) in [4.78, 5) is -0.154. The lowest BCUT2D eigenvalue weighted by Gasteiger charge is -2.06. The van der Waals surface area contributed by atoms with Crippen LogP contribution in [0.4, 0.5) is 4.39 Å². The van der Waals surface area contributed by atoms with Gasteiger partial charge in [0.2, 0.25) is 10.0 Å². The Bertz CT molecular complexity index is 453. The van der Waals surface area contributed by atoms with Crippen molar-refractivity contribution in [3.05, 3.63) is 29.0 Å². The minimum atomic E-state index is -3.70. The van der Waals surface area contributed by atoms with Crippen molar-refractivity contribution in [3.8, 4) is 0 Å². The number of nitrogens with one attached hydrogen (secondary N) is 1. The molecule has 0 atom stereocenters. The van der Waals surface area contributed by atoms with Crippen molar-refractivity contribution >= 4 is 34.0 Å². The van der Waals surface area contributed by atoms with Gasteiger partial charge in [0, 0.05) is 13.1 Å². The first kappa shape index (κ1) is 15.6. The number of hydrogen-bond donors (Lipinski definition) is 2. The molecule has 8 heteroatoms. The van der Waals surface area contributed by atoms with Gasteiger partial charge in [-0.05, 0) is 18.2 Å². The van der Waals surface area contributed by atoms with E-state index in [-0.39, 0.29) is 35.4 Å². The Morgan fingerprint density at radius 2 is 2.06 bits per heavy atom. The Morgan fingerprint density at radius 3 is 2.56 bits per heavy atom. The molecule has 0 saturated carbocycles. The first-order valence-corrected chi connectivity index (χ1v) is 5.98. The summed E-state index contributed by atoms with van der Waals surface area (Å²) in [7, 11) is -3.70. The smallest absolute Gasteiger partial charge is 0.242 e. The van der Waals surface area contributed by atoms with Gasteiger partial charge < -0.3 is 5.73 Å². The van der Waals surface area contributed by atoms with Gasteiger partial charge in [-0.25, -0.2) is 17.5 Å². The fourth-order valence-electron chi connectivity index (χ4n) is 0.964. The Hall–Kier alpha value is -0.400. The molecule has 0 aromatic heterocycles. The third kappa shape index (κ3) is 3.88. The average Bonchev–Trinajstić information content (AvgIpc) is 2.14. The van der Waals surface area contributed by atoms with Crippen molar-refractivity contribution in [2.24, 2.45) is 5.73 Å². The SMILES string of the molecule is Cl.NCCNS(=O)(=O)c1ccc(F)cc1Cl. The zero-order valence-electron chi connectivity index (χ0n) is 8.11. The summed E-state index contributed by atoms with van der Waals surface area (Å²) in [6.07, 6.45) is 0. The van der Waals surface area contributed by atoms with Gasteiger partial charge in [-0.1, -0.05) is 11.6 Å². The maximum absolute atomic E-state index is 12.7. The number of benzene rings is 1. The van der Waals surface area contributed by atoms with Crippen LogP contribution in [0.5, 0.6) is 0 Å². The van der Waals surface area contributed by atoms with Gasteiger partial charge in [-0.2, -0.15) is 0 Å². The summed E-state index contributed by atoms with van der Waals surface area (Å²) in [5.41, 5.74) is 5.16. The van der Waals surface area contributed by atoms with E-state index in [1.54, 1.807) is 0 Å².